The molecule has 1 spiro atoms. The highest BCUT2D eigenvalue weighted by molar-refractivity contribution is 7.87. The van der Waals surface area contributed by atoms with Crippen molar-refractivity contribution >= 4 is 16.2 Å². The maximum atomic E-state index is 12.5. The third kappa shape index (κ3) is 3.23. The van der Waals surface area contributed by atoms with Crippen LogP contribution in [-0.4, -0.2) is 50.2 Å². The van der Waals surface area contributed by atoms with E-state index < -0.39 is 33.0 Å². The minimum absolute atomic E-state index is 0.0375. The molecule has 0 radical (unpaired) electrons. The third-order valence-corrected chi connectivity index (χ3v) is 4.99. The first-order chi connectivity index (χ1) is 12.2. The number of carbonyl (C=O) groups excluding carboxylic acids is 1. The molecule has 0 bridgehead atoms. The maximum Gasteiger partial charge on any atom is 0.534 e. The lowest BCUT2D eigenvalue weighted by atomic mass is 9.96. The predicted molar refractivity (Wildman–Crippen MR) is 81.0 cm³/mol. The van der Waals surface area contributed by atoms with Crippen LogP contribution in [0.5, 0.6) is 0 Å². The van der Waals surface area contributed by atoms with E-state index in [-0.39, 0.29) is 26.4 Å². The first-order valence-electron chi connectivity index (χ1n) is 7.43. The minimum atomic E-state index is -5.84. The van der Waals surface area contributed by atoms with Crippen LogP contribution in [0.1, 0.15) is 5.56 Å². The third-order valence-electron chi connectivity index (χ3n) is 4.02. The Hall–Kier alpha value is -2.27. The van der Waals surface area contributed by atoms with Crippen LogP contribution in [0.4, 0.5) is 18.0 Å². The van der Waals surface area contributed by atoms with E-state index in [1.807, 2.05) is 0 Å². The van der Waals surface area contributed by atoms with Gasteiger partial charge in [-0.05, 0) is 11.6 Å². The van der Waals surface area contributed by atoms with Crippen molar-refractivity contribution in [2.75, 3.05) is 19.8 Å². The van der Waals surface area contributed by atoms with Gasteiger partial charge in [-0.25, -0.2) is 4.79 Å². The second-order valence-corrected chi connectivity index (χ2v) is 7.26. The van der Waals surface area contributed by atoms with Crippen LogP contribution >= 0.6 is 0 Å². The van der Waals surface area contributed by atoms with E-state index >= 15 is 0 Å². The van der Waals surface area contributed by atoms with E-state index in [9.17, 15) is 26.4 Å². The van der Waals surface area contributed by atoms with Crippen molar-refractivity contribution in [3.63, 3.8) is 0 Å². The normalized spacial score (nSPS) is 19.0. The van der Waals surface area contributed by atoms with Crippen molar-refractivity contribution < 1.29 is 40.0 Å². The zero-order valence-corrected chi connectivity index (χ0v) is 14.0. The minimum Gasteiger partial charge on any atom is -0.445 e. The van der Waals surface area contributed by atoms with Crippen molar-refractivity contribution in [1.82, 2.24) is 4.90 Å². The largest absolute Gasteiger partial charge is 0.534 e. The Morgan fingerprint density at radius 2 is 1.88 bits per heavy atom. The van der Waals surface area contributed by atoms with E-state index in [2.05, 4.69) is 4.18 Å². The molecule has 142 valence electrons. The zero-order chi connectivity index (χ0) is 19.0. The van der Waals surface area contributed by atoms with Crippen LogP contribution in [0.25, 0.3) is 0 Å². The lowest BCUT2D eigenvalue weighted by molar-refractivity contribution is -0.115. The molecule has 0 aliphatic carbocycles. The van der Waals surface area contributed by atoms with E-state index in [1.165, 1.54) is 0 Å². The monoisotopic (exact) mass is 393 g/mol. The average molecular weight is 393 g/mol. The smallest absolute Gasteiger partial charge is 0.445 e. The van der Waals surface area contributed by atoms with Crippen molar-refractivity contribution in [2.24, 2.45) is 0 Å². The summed E-state index contributed by atoms with van der Waals surface area (Å²) in [6.07, 6.45) is 0.298. The second kappa shape index (κ2) is 6.47. The molecule has 11 heteroatoms. The van der Waals surface area contributed by atoms with Gasteiger partial charge < -0.3 is 13.7 Å². The Bertz CT molecular complexity index is 818. The molecule has 1 amide bonds. The van der Waals surface area contributed by atoms with Gasteiger partial charge in [0, 0.05) is 6.54 Å². The fourth-order valence-corrected chi connectivity index (χ4v) is 3.14. The Balaban J connectivity index is 1.70. The summed E-state index contributed by atoms with van der Waals surface area (Å²) in [4.78, 5) is 13.4. The SMILES string of the molecule is O=C(OCc1ccccc1)N1CC=C(OS(=O)(=O)C(F)(F)F)C12COC2. The van der Waals surface area contributed by atoms with Gasteiger partial charge in [0.05, 0.1) is 13.2 Å². The van der Waals surface area contributed by atoms with Gasteiger partial charge in [0.25, 0.3) is 0 Å². The molecular formula is C15H14F3NO6S. The highest BCUT2D eigenvalue weighted by Crippen LogP contribution is 2.41. The summed E-state index contributed by atoms with van der Waals surface area (Å²) in [6.45, 7) is -0.566. The molecule has 0 aromatic heterocycles. The Kier molecular flexibility index (Phi) is 4.61. The summed E-state index contributed by atoms with van der Waals surface area (Å²) < 4.78 is 74.6. The van der Waals surface area contributed by atoms with Gasteiger partial charge in [-0.2, -0.15) is 21.6 Å². The molecule has 0 atom stereocenters. The Labute approximate surface area is 147 Å². The van der Waals surface area contributed by atoms with Crippen LogP contribution in [-0.2, 0) is 30.4 Å². The van der Waals surface area contributed by atoms with E-state index in [4.69, 9.17) is 9.47 Å². The van der Waals surface area contributed by atoms with Crippen LogP contribution in [0.3, 0.4) is 0 Å². The number of nitrogens with zero attached hydrogens (tertiary/aromatic N) is 1. The highest BCUT2D eigenvalue weighted by atomic mass is 32.2. The van der Waals surface area contributed by atoms with Crippen molar-refractivity contribution in [2.45, 2.75) is 17.7 Å². The quantitative estimate of drug-likeness (QED) is 0.576. The van der Waals surface area contributed by atoms with Gasteiger partial charge in [0.1, 0.15) is 12.4 Å². The number of hydrogen-bond acceptors (Lipinski definition) is 6. The second-order valence-electron chi connectivity index (χ2n) is 5.73. The van der Waals surface area contributed by atoms with Crippen LogP contribution in [0.15, 0.2) is 42.2 Å². The van der Waals surface area contributed by atoms with E-state index in [0.29, 0.717) is 0 Å². The lowest BCUT2D eigenvalue weighted by Gasteiger charge is -2.45. The number of rotatable bonds is 4. The number of benzene rings is 1. The van der Waals surface area contributed by atoms with Gasteiger partial charge in [0.15, 0.2) is 5.54 Å². The summed E-state index contributed by atoms with van der Waals surface area (Å²) in [5.41, 5.74) is -6.25. The topological polar surface area (TPSA) is 82.1 Å². The summed E-state index contributed by atoms with van der Waals surface area (Å²) in [6, 6.07) is 8.79. The standard InChI is InChI=1S/C15H14F3NO6S/c16-15(17,18)26(21,22)25-12-6-7-19(14(12)9-23-10-14)13(20)24-8-11-4-2-1-3-5-11/h1-6H,7-10H2. The zero-order valence-electron chi connectivity index (χ0n) is 13.2. The molecule has 3 rings (SSSR count). The number of carbonyl (C=O) groups is 1. The molecule has 7 nitrogen and oxygen atoms in total. The number of alkyl halides is 3. The van der Waals surface area contributed by atoms with E-state index in [0.717, 1.165) is 16.5 Å². The number of ether oxygens (including phenoxy) is 2. The van der Waals surface area contributed by atoms with Crippen molar-refractivity contribution in [3.05, 3.63) is 47.7 Å². The first kappa shape index (κ1) is 18.5. The fraction of sp³-hybridized carbons (Fsp3) is 0.400. The molecule has 26 heavy (non-hydrogen) atoms. The summed E-state index contributed by atoms with van der Waals surface area (Å²) in [5.74, 6) is -0.488. The van der Waals surface area contributed by atoms with Crippen molar-refractivity contribution in [3.8, 4) is 0 Å². The van der Waals surface area contributed by atoms with Gasteiger partial charge in [-0.3, -0.25) is 4.90 Å². The molecule has 2 aliphatic rings. The van der Waals surface area contributed by atoms with Crippen LogP contribution < -0.4 is 0 Å². The molecule has 2 aliphatic heterocycles. The first-order valence-corrected chi connectivity index (χ1v) is 8.84. The summed E-state index contributed by atoms with van der Waals surface area (Å²) in [5, 5.41) is 0. The number of amides is 1. The molecule has 1 aromatic rings. The van der Waals surface area contributed by atoms with Crippen molar-refractivity contribution in [1.29, 1.82) is 0 Å². The fourth-order valence-electron chi connectivity index (χ4n) is 2.59. The number of halogens is 3. The lowest BCUT2D eigenvalue weighted by Crippen LogP contribution is -2.63. The molecule has 1 saturated heterocycles. The van der Waals surface area contributed by atoms with E-state index in [1.54, 1.807) is 30.3 Å². The van der Waals surface area contributed by atoms with Gasteiger partial charge in [-0.15, -0.1) is 0 Å². The molecule has 0 saturated carbocycles. The summed E-state index contributed by atoms with van der Waals surface area (Å²) >= 11 is 0. The predicted octanol–water partition coefficient (Wildman–Crippen LogP) is 2.16. The molecule has 0 N–H and O–H groups in total. The van der Waals surface area contributed by atoms with Gasteiger partial charge in [0.2, 0.25) is 0 Å². The molecule has 1 aromatic carbocycles. The van der Waals surface area contributed by atoms with Gasteiger partial charge in [-0.1, -0.05) is 30.3 Å². The summed E-state index contributed by atoms with van der Waals surface area (Å²) in [7, 11) is -5.84. The molecule has 0 unspecified atom stereocenters. The van der Waals surface area contributed by atoms with Crippen LogP contribution in [0.2, 0.25) is 0 Å². The molecule has 1 fully saturated rings. The highest BCUT2D eigenvalue weighted by Gasteiger charge is 2.58. The number of hydrogen-bond donors (Lipinski definition) is 0. The Morgan fingerprint density at radius 1 is 1.23 bits per heavy atom. The molecule has 2 heterocycles. The van der Waals surface area contributed by atoms with Gasteiger partial charge >= 0.3 is 21.7 Å². The molecular weight excluding hydrogens is 379 g/mol. The van der Waals surface area contributed by atoms with Crippen LogP contribution in [0, 0.1) is 0 Å². The average Bonchev–Trinajstić information content (AvgIpc) is 2.91. The maximum absolute atomic E-state index is 12.5. The Morgan fingerprint density at radius 3 is 2.42 bits per heavy atom.